The molecule has 2 aliphatic rings. The summed E-state index contributed by atoms with van der Waals surface area (Å²) in [6.07, 6.45) is 9.74. The second kappa shape index (κ2) is 7.26. The minimum absolute atomic E-state index is 0.499. The summed E-state index contributed by atoms with van der Waals surface area (Å²) < 4.78 is 0. The van der Waals surface area contributed by atoms with Crippen LogP contribution >= 0.6 is 0 Å². The minimum Gasteiger partial charge on any atom is -0.312 e. The normalized spacial score (nSPS) is 30.6. The monoisotopic (exact) mass is 280 g/mol. The molecule has 0 radical (unpaired) electrons. The lowest BCUT2D eigenvalue weighted by molar-refractivity contribution is 0.0534. The molecule has 118 valence electrons. The van der Waals surface area contributed by atoms with Crippen LogP contribution in [0.1, 0.15) is 72.6 Å². The highest BCUT2D eigenvalue weighted by Gasteiger charge is 2.34. The highest BCUT2D eigenvalue weighted by molar-refractivity contribution is 4.91. The maximum Gasteiger partial charge on any atom is 0.0249 e. The molecule has 2 rings (SSSR count). The van der Waals surface area contributed by atoms with Crippen molar-refractivity contribution in [3.05, 3.63) is 0 Å². The van der Waals surface area contributed by atoms with Crippen LogP contribution in [0.2, 0.25) is 0 Å². The molecule has 0 spiro atoms. The Bertz CT molecular complexity index is 274. The van der Waals surface area contributed by atoms with Crippen molar-refractivity contribution in [2.24, 2.45) is 11.3 Å². The third-order valence-electron chi connectivity index (χ3n) is 5.61. The lowest BCUT2D eigenvalue weighted by atomic mass is 9.74. The first-order valence-corrected chi connectivity index (χ1v) is 8.99. The Morgan fingerprint density at radius 3 is 2.25 bits per heavy atom. The van der Waals surface area contributed by atoms with E-state index < -0.39 is 0 Å². The first-order valence-electron chi connectivity index (χ1n) is 8.99. The van der Waals surface area contributed by atoms with E-state index in [1.807, 2.05) is 0 Å². The first kappa shape index (κ1) is 16.3. The third-order valence-corrected chi connectivity index (χ3v) is 5.61. The standard InChI is InChI=1S/C18H36N2/c1-5-12-19-16-8-6-7-9-17(16)20-13-10-15(11-14-20)18(2,3)4/h15-17,19H,5-14H2,1-4H3. The van der Waals surface area contributed by atoms with Crippen LogP contribution in [0.25, 0.3) is 0 Å². The van der Waals surface area contributed by atoms with Crippen molar-refractivity contribution in [1.82, 2.24) is 10.2 Å². The number of nitrogens with zero attached hydrogens (tertiary/aromatic N) is 1. The van der Waals surface area contributed by atoms with Crippen LogP contribution < -0.4 is 5.32 Å². The van der Waals surface area contributed by atoms with Crippen LogP contribution in [0, 0.1) is 11.3 Å². The number of piperidine rings is 1. The molecule has 0 aromatic heterocycles. The molecule has 1 N–H and O–H groups in total. The number of rotatable bonds is 4. The molecular formula is C18H36N2. The van der Waals surface area contributed by atoms with Crippen molar-refractivity contribution in [2.75, 3.05) is 19.6 Å². The molecular weight excluding hydrogens is 244 g/mol. The van der Waals surface area contributed by atoms with Gasteiger partial charge in [-0.1, -0.05) is 40.5 Å². The maximum absolute atomic E-state index is 3.82. The minimum atomic E-state index is 0.499. The van der Waals surface area contributed by atoms with Gasteiger partial charge in [-0.3, -0.25) is 4.90 Å². The Kier molecular flexibility index (Phi) is 5.92. The quantitative estimate of drug-likeness (QED) is 0.835. The molecule has 2 unspecified atom stereocenters. The molecule has 2 heteroatoms. The van der Waals surface area contributed by atoms with Gasteiger partial charge in [0.05, 0.1) is 0 Å². The lowest BCUT2D eigenvalue weighted by Gasteiger charge is -2.46. The molecule has 20 heavy (non-hydrogen) atoms. The van der Waals surface area contributed by atoms with Gasteiger partial charge < -0.3 is 5.32 Å². The predicted octanol–water partition coefficient (Wildman–Crippen LogP) is 4.06. The Morgan fingerprint density at radius 2 is 1.65 bits per heavy atom. The van der Waals surface area contributed by atoms with E-state index in [0.29, 0.717) is 5.41 Å². The molecule has 2 nitrogen and oxygen atoms in total. The average Bonchev–Trinajstić information content (AvgIpc) is 2.45. The van der Waals surface area contributed by atoms with Crippen molar-refractivity contribution in [2.45, 2.75) is 84.7 Å². The smallest absolute Gasteiger partial charge is 0.0249 e. The Balaban J connectivity index is 1.87. The lowest BCUT2D eigenvalue weighted by Crippen LogP contribution is -2.54. The van der Waals surface area contributed by atoms with E-state index in [2.05, 4.69) is 37.9 Å². The van der Waals surface area contributed by atoms with E-state index in [1.165, 1.54) is 64.6 Å². The second-order valence-corrected chi connectivity index (χ2v) is 8.09. The zero-order valence-electron chi connectivity index (χ0n) is 14.3. The topological polar surface area (TPSA) is 15.3 Å². The maximum atomic E-state index is 3.82. The molecule has 0 bridgehead atoms. The van der Waals surface area contributed by atoms with Gasteiger partial charge in [0, 0.05) is 12.1 Å². The second-order valence-electron chi connectivity index (χ2n) is 8.09. The molecule has 0 amide bonds. The van der Waals surface area contributed by atoms with Gasteiger partial charge in [0.1, 0.15) is 0 Å². The van der Waals surface area contributed by atoms with Crippen LogP contribution in [0.15, 0.2) is 0 Å². The molecule has 1 aliphatic carbocycles. The van der Waals surface area contributed by atoms with Gasteiger partial charge in [-0.05, 0) is 63.1 Å². The van der Waals surface area contributed by atoms with Crippen molar-refractivity contribution in [3.63, 3.8) is 0 Å². The van der Waals surface area contributed by atoms with Gasteiger partial charge in [-0.25, -0.2) is 0 Å². The van der Waals surface area contributed by atoms with Crippen LogP contribution in [0.3, 0.4) is 0 Å². The average molecular weight is 281 g/mol. The van der Waals surface area contributed by atoms with Gasteiger partial charge in [-0.15, -0.1) is 0 Å². The van der Waals surface area contributed by atoms with E-state index in [-0.39, 0.29) is 0 Å². The highest BCUT2D eigenvalue weighted by Crippen LogP contribution is 2.36. The molecule has 1 aliphatic heterocycles. The van der Waals surface area contributed by atoms with Gasteiger partial charge in [-0.2, -0.15) is 0 Å². The van der Waals surface area contributed by atoms with Gasteiger partial charge in [0.25, 0.3) is 0 Å². The van der Waals surface area contributed by atoms with Gasteiger partial charge in [0.2, 0.25) is 0 Å². The summed E-state index contributed by atoms with van der Waals surface area (Å²) >= 11 is 0. The summed E-state index contributed by atoms with van der Waals surface area (Å²) in [5, 5.41) is 3.82. The van der Waals surface area contributed by atoms with Gasteiger partial charge in [0.15, 0.2) is 0 Å². The molecule has 1 heterocycles. The summed E-state index contributed by atoms with van der Waals surface area (Å²) in [4.78, 5) is 2.81. The molecule has 1 saturated heterocycles. The van der Waals surface area contributed by atoms with E-state index in [4.69, 9.17) is 0 Å². The number of likely N-dealkylation sites (tertiary alicyclic amines) is 1. The zero-order valence-corrected chi connectivity index (χ0v) is 14.3. The van der Waals surface area contributed by atoms with Crippen molar-refractivity contribution < 1.29 is 0 Å². The Labute approximate surface area is 126 Å². The number of hydrogen-bond donors (Lipinski definition) is 1. The van der Waals surface area contributed by atoms with Gasteiger partial charge >= 0.3 is 0 Å². The van der Waals surface area contributed by atoms with Crippen molar-refractivity contribution in [3.8, 4) is 0 Å². The summed E-state index contributed by atoms with van der Waals surface area (Å²) in [5.41, 5.74) is 0.499. The molecule has 2 atom stereocenters. The SMILES string of the molecule is CCCNC1CCCCC1N1CCC(C(C)(C)C)CC1. The summed E-state index contributed by atoms with van der Waals surface area (Å²) in [6.45, 7) is 13.4. The summed E-state index contributed by atoms with van der Waals surface area (Å²) in [7, 11) is 0. The number of nitrogens with one attached hydrogen (secondary N) is 1. The Hall–Kier alpha value is -0.0800. The van der Waals surface area contributed by atoms with Crippen LogP contribution in [-0.2, 0) is 0 Å². The van der Waals surface area contributed by atoms with Crippen LogP contribution in [0.4, 0.5) is 0 Å². The highest BCUT2D eigenvalue weighted by atomic mass is 15.2. The van der Waals surface area contributed by atoms with E-state index in [9.17, 15) is 0 Å². The molecule has 1 saturated carbocycles. The van der Waals surface area contributed by atoms with E-state index in [0.717, 1.165) is 18.0 Å². The van der Waals surface area contributed by atoms with Crippen LogP contribution in [-0.4, -0.2) is 36.6 Å². The summed E-state index contributed by atoms with van der Waals surface area (Å²) in [5.74, 6) is 0.921. The fourth-order valence-corrected chi connectivity index (χ4v) is 4.21. The fraction of sp³-hybridized carbons (Fsp3) is 1.00. The molecule has 0 aromatic rings. The largest absolute Gasteiger partial charge is 0.312 e. The summed E-state index contributed by atoms with van der Waals surface area (Å²) in [6, 6.07) is 1.58. The zero-order chi connectivity index (χ0) is 14.6. The van der Waals surface area contributed by atoms with Crippen molar-refractivity contribution in [1.29, 1.82) is 0 Å². The fourth-order valence-electron chi connectivity index (χ4n) is 4.21. The van der Waals surface area contributed by atoms with E-state index in [1.54, 1.807) is 0 Å². The molecule has 0 aromatic carbocycles. The molecule has 2 fully saturated rings. The van der Waals surface area contributed by atoms with Crippen molar-refractivity contribution >= 4 is 0 Å². The Morgan fingerprint density at radius 1 is 1.00 bits per heavy atom. The number of hydrogen-bond acceptors (Lipinski definition) is 2. The third kappa shape index (κ3) is 4.21. The van der Waals surface area contributed by atoms with Crippen LogP contribution in [0.5, 0.6) is 0 Å². The predicted molar refractivity (Wildman–Crippen MR) is 88.1 cm³/mol. The first-order chi connectivity index (χ1) is 9.52. The van der Waals surface area contributed by atoms with E-state index >= 15 is 0 Å².